The fourth-order valence-corrected chi connectivity index (χ4v) is 3.23. The molecule has 2 aliphatic carbocycles. The van der Waals surface area contributed by atoms with Gasteiger partial charge in [-0.15, -0.1) is 0 Å². The molecule has 0 N–H and O–H groups in total. The van der Waals surface area contributed by atoms with Crippen LogP contribution >= 0.6 is 11.6 Å². The standard InChI is InChI=1S/C17H20ClN3O/c1-10-7-14(10)15-6-5-13(22-15)9-21(12-3-4-12)17-8-16(18)19-11(2)20-17/h5-6,8,10,12,14H,3-4,7,9H2,1-2H3/t10-,14-/m0/s1. The van der Waals surface area contributed by atoms with E-state index in [0.29, 0.717) is 22.9 Å². The van der Waals surface area contributed by atoms with Crippen molar-refractivity contribution in [3.63, 3.8) is 0 Å². The number of aryl methyl sites for hydroxylation is 1. The van der Waals surface area contributed by atoms with Gasteiger partial charge >= 0.3 is 0 Å². The van der Waals surface area contributed by atoms with Gasteiger partial charge in [0.05, 0.1) is 6.54 Å². The molecule has 0 saturated heterocycles. The molecule has 22 heavy (non-hydrogen) atoms. The summed E-state index contributed by atoms with van der Waals surface area (Å²) in [6.45, 7) is 4.90. The SMILES string of the molecule is Cc1nc(Cl)cc(N(Cc2ccc([C@H]3C[C@@H]3C)o2)C2CC2)n1. The Morgan fingerprint density at radius 2 is 2.09 bits per heavy atom. The summed E-state index contributed by atoms with van der Waals surface area (Å²) < 4.78 is 6.05. The topological polar surface area (TPSA) is 42.2 Å². The first kappa shape index (κ1) is 14.1. The van der Waals surface area contributed by atoms with Crippen molar-refractivity contribution in [3.8, 4) is 0 Å². The van der Waals surface area contributed by atoms with E-state index < -0.39 is 0 Å². The molecule has 5 heteroatoms. The molecule has 0 aromatic carbocycles. The van der Waals surface area contributed by atoms with Gasteiger partial charge in [-0.05, 0) is 44.2 Å². The Balaban J connectivity index is 1.56. The van der Waals surface area contributed by atoms with Gasteiger partial charge in [0.2, 0.25) is 0 Å². The van der Waals surface area contributed by atoms with Crippen LogP contribution in [0, 0.1) is 12.8 Å². The first-order valence-corrected chi connectivity index (χ1v) is 8.34. The molecule has 0 spiro atoms. The third-order valence-corrected chi connectivity index (χ3v) is 4.75. The van der Waals surface area contributed by atoms with Crippen LogP contribution in [0.5, 0.6) is 0 Å². The molecule has 4 nitrogen and oxygen atoms in total. The average Bonchev–Trinajstić information content (AvgIpc) is 3.37. The summed E-state index contributed by atoms with van der Waals surface area (Å²) in [4.78, 5) is 11.0. The first-order valence-electron chi connectivity index (χ1n) is 7.96. The third kappa shape index (κ3) is 2.84. The van der Waals surface area contributed by atoms with E-state index in [1.54, 1.807) is 0 Å². The van der Waals surface area contributed by atoms with Crippen LogP contribution in [0.1, 0.15) is 49.4 Å². The average molecular weight is 318 g/mol. The minimum atomic E-state index is 0.500. The summed E-state index contributed by atoms with van der Waals surface area (Å²) in [5.74, 6) is 5.14. The van der Waals surface area contributed by atoms with Crippen LogP contribution in [0.2, 0.25) is 5.15 Å². The Kier molecular flexibility index (Phi) is 3.37. The van der Waals surface area contributed by atoms with E-state index >= 15 is 0 Å². The third-order valence-electron chi connectivity index (χ3n) is 4.56. The lowest BCUT2D eigenvalue weighted by molar-refractivity contribution is 0.456. The van der Waals surface area contributed by atoms with E-state index in [4.69, 9.17) is 16.0 Å². The molecule has 2 heterocycles. The van der Waals surface area contributed by atoms with Crippen LogP contribution < -0.4 is 4.90 Å². The lowest BCUT2D eigenvalue weighted by Gasteiger charge is -2.22. The predicted molar refractivity (Wildman–Crippen MR) is 86.2 cm³/mol. The molecule has 0 radical (unpaired) electrons. The Bertz CT molecular complexity index is 675. The van der Waals surface area contributed by atoms with Gasteiger partial charge in [-0.2, -0.15) is 0 Å². The van der Waals surface area contributed by atoms with E-state index in [1.807, 2.05) is 13.0 Å². The van der Waals surface area contributed by atoms with Crippen LogP contribution in [0.15, 0.2) is 22.6 Å². The number of aromatic nitrogens is 2. The summed E-state index contributed by atoms with van der Waals surface area (Å²) in [7, 11) is 0. The number of halogens is 1. The highest BCUT2D eigenvalue weighted by Gasteiger charge is 2.37. The van der Waals surface area contributed by atoms with Crippen LogP contribution in [-0.4, -0.2) is 16.0 Å². The van der Waals surface area contributed by atoms with Crippen molar-refractivity contribution in [1.29, 1.82) is 0 Å². The maximum Gasteiger partial charge on any atom is 0.134 e. The number of hydrogen-bond donors (Lipinski definition) is 0. The molecular weight excluding hydrogens is 298 g/mol. The summed E-state index contributed by atoms with van der Waals surface area (Å²) in [6, 6.07) is 6.62. The summed E-state index contributed by atoms with van der Waals surface area (Å²) >= 11 is 6.09. The van der Waals surface area contributed by atoms with E-state index in [2.05, 4.69) is 33.9 Å². The molecule has 0 bridgehead atoms. The number of anilines is 1. The number of nitrogens with zero attached hydrogens (tertiary/aromatic N) is 3. The van der Waals surface area contributed by atoms with Gasteiger partial charge in [-0.1, -0.05) is 18.5 Å². The molecular formula is C17H20ClN3O. The zero-order valence-corrected chi connectivity index (χ0v) is 13.7. The lowest BCUT2D eigenvalue weighted by atomic mass is 10.3. The summed E-state index contributed by atoms with van der Waals surface area (Å²) in [6.07, 6.45) is 3.65. The lowest BCUT2D eigenvalue weighted by Crippen LogP contribution is -2.26. The smallest absolute Gasteiger partial charge is 0.134 e. The largest absolute Gasteiger partial charge is 0.464 e. The molecule has 0 amide bonds. The fraction of sp³-hybridized carbons (Fsp3) is 0.529. The van der Waals surface area contributed by atoms with Crippen molar-refractivity contribution in [1.82, 2.24) is 9.97 Å². The van der Waals surface area contributed by atoms with Crippen molar-refractivity contribution in [3.05, 3.63) is 40.7 Å². The van der Waals surface area contributed by atoms with Gasteiger partial charge in [0.1, 0.15) is 28.3 Å². The van der Waals surface area contributed by atoms with Gasteiger partial charge in [0, 0.05) is 18.0 Å². The molecule has 4 rings (SSSR count). The number of hydrogen-bond acceptors (Lipinski definition) is 4. The number of rotatable bonds is 5. The maximum absolute atomic E-state index is 6.09. The Morgan fingerprint density at radius 1 is 1.32 bits per heavy atom. The van der Waals surface area contributed by atoms with E-state index in [-0.39, 0.29) is 0 Å². The monoisotopic (exact) mass is 317 g/mol. The Labute approximate surface area is 135 Å². The van der Waals surface area contributed by atoms with Crippen molar-refractivity contribution in [2.24, 2.45) is 5.92 Å². The van der Waals surface area contributed by atoms with Crippen LogP contribution in [0.3, 0.4) is 0 Å². The molecule has 2 aromatic heterocycles. The van der Waals surface area contributed by atoms with Crippen LogP contribution in [0.4, 0.5) is 5.82 Å². The molecule has 2 aliphatic rings. The quantitative estimate of drug-likeness (QED) is 0.770. The molecule has 2 fully saturated rings. The van der Waals surface area contributed by atoms with Gasteiger partial charge in [-0.3, -0.25) is 0 Å². The normalized spacial score (nSPS) is 23.6. The van der Waals surface area contributed by atoms with Crippen molar-refractivity contribution in [2.75, 3.05) is 4.90 Å². The second-order valence-electron chi connectivity index (χ2n) is 6.58. The van der Waals surface area contributed by atoms with E-state index in [9.17, 15) is 0 Å². The fourth-order valence-electron chi connectivity index (χ4n) is 3.01. The van der Waals surface area contributed by atoms with Gasteiger partial charge in [0.15, 0.2) is 0 Å². The second-order valence-corrected chi connectivity index (χ2v) is 6.97. The summed E-state index contributed by atoms with van der Waals surface area (Å²) in [5.41, 5.74) is 0. The predicted octanol–water partition coefficient (Wildman–Crippen LogP) is 4.32. The maximum atomic E-state index is 6.09. The molecule has 2 saturated carbocycles. The minimum Gasteiger partial charge on any atom is -0.464 e. The second kappa shape index (κ2) is 5.27. The van der Waals surface area contributed by atoms with Crippen molar-refractivity contribution < 1.29 is 4.42 Å². The minimum absolute atomic E-state index is 0.500. The van der Waals surface area contributed by atoms with Crippen LogP contribution in [-0.2, 0) is 6.54 Å². The highest BCUT2D eigenvalue weighted by Crippen LogP contribution is 2.47. The summed E-state index contributed by atoms with van der Waals surface area (Å²) in [5, 5.41) is 0.500. The molecule has 0 aliphatic heterocycles. The van der Waals surface area contributed by atoms with Gasteiger partial charge in [0.25, 0.3) is 0 Å². The van der Waals surface area contributed by atoms with E-state index in [0.717, 1.165) is 29.8 Å². The molecule has 2 atom stereocenters. The Morgan fingerprint density at radius 3 is 2.73 bits per heavy atom. The highest BCUT2D eigenvalue weighted by atomic mass is 35.5. The van der Waals surface area contributed by atoms with Crippen LogP contribution in [0.25, 0.3) is 0 Å². The molecule has 0 unspecified atom stereocenters. The highest BCUT2D eigenvalue weighted by molar-refractivity contribution is 6.29. The first-order chi connectivity index (χ1) is 10.6. The van der Waals surface area contributed by atoms with Crippen molar-refractivity contribution in [2.45, 2.75) is 51.6 Å². The Hall–Kier alpha value is -1.55. The molecule has 116 valence electrons. The zero-order valence-electron chi connectivity index (χ0n) is 12.9. The number of furan rings is 1. The molecule has 2 aromatic rings. The zero-order chi connectivity index (χ0) is 15.3. The van der Waals surface area contributed by atoms with Gasteiger partial charge < -0.3 is 9.32 Å². The van der Waals surface area contributed by atoms with E-state index in [1.165, 1.54) is 19.3 Å². The van der Waals surface area contributed by atoms with Crippen molar-refractivity contribution >= 4 is 17.4 Å². The van der Waals surface area contributed by atoms with Gasteiger partial charge in [-0.25, -0.2) is 9.97 Å².